The van der Waals surface area contributed by atoms with Crippen molar-refractivity contribution in [3.05, 3.63) is 77.1 Å². The maximum absolute atomic E-state index is 8.88. The minimum atomic E-state index is 0.702. The third kappa shape index (κ3) is 2.83. The van der Waals surface area contributed by atoms with E-state index in [2.05, 4.69) is 35.0 Å². The second-order valence-electron chi connectivity index (χ2n) is 5.90. The van der Waals surface area contributed by atoms with Crippen LogP contribution in [0.4, 0.5) is 0 Å². The molecule has 0 saturated heterocycles. The van der Waals surface area contributed by atoms with Gasteiger partial charge in [0.2, 0.25) is 0 Å². The lowest BCUT2D eigenvalue weighted by molar-refractivity contribution is 0.771. The molecule has 0 radical (unpaired) electrons. The molecule has 0 aliphatic heterocycles. The molecule has 118 valence electrons. The number of nitrogens with zero attached hydrogens (tertiary/aromatic N) is 3. The Morgan fingerprint density at radius 3 is 2.58 bits per heavy atom. The molecule has 0 amide bonds. The molecule has 24 heavy (non-hydrogen) atoms. The van der Waals surface area contributed by atoms with E-state index in [0.717, 1.165) is 24.3 Å². The fourth-order valence-corrected chi connectivity index (χ4v) is 4.05. The van der Waals surface area contributed by atoms with Crippen LogP contribution in [0.5, 0.6) is 0 Å². The molecule has 2 aromatic carbocycles. The zero-order valence-electron chi connectivity index (χ0n) is 13.3. The maximum Gasteiger partial charge on any atom is 0.0991 e. The monoisotopic (exact) mass is 331 g/mol. The molecule has 0 N–H and O–H groups in total. The number of fused-ring (bicyclic) bond motifs is 1. The Morgan fingerprint density at radius 1 is 1.04 bits per heavy atom. The summed E-state index contributed by atoms with van der Waals surface area (Å²) in [5, 5.41) is 13.8. The largest absolute Gasteiger partial charge is 0.237 e. The van der Waals surface area contributed by atoms with Crippen molar-refractivity contribution >= 4 is 11.8 Å². The number of benzene rings is 2. The van der Waals surface area contributed by atoms with Gasteiger partial charge in [0, 0.05) is 16.3 Å². The van der Waals surface area contributed by atoms with E-state index in [0.29, 0.717) is 5.56 Å². The lowest BCUT2D eigenvalue weighted by Gasteiger charge is -2.04. The molecule has 4 rings (SSSR count). The molecule has 0 spiro atoms. The van der Waals surface area contributed by atoms with Crippen LogP contribution >= 0.6 is 11.8 Å². The highest BCUT2D eigenvalue weighted by molar-refractivity contribution is 7.98. The lowest BCUT2D eigenvalue weighted by atomic mass is 10.2. The normalized spacial score (nSPS) is 12.8. The Hall–Kier alpha value is -2.51. The van der Waals surface area contributed by atoms with Gasteiger partial charge in [0.25, 0.3) is 0 Å². The summed E-state index contributed by atoms with van der Waals surface area (Å²) in [7, 11) is 0. The van der Waals surface area contributed by atoms with Crippen LogP contribution in [-0.2, 0) is 18.6 Å². The van der Waals surface area contributed by atoms with Crippen molar-refractivity contribution in [2.45, 2.75) is 29.9 Å². The summed E-state index contributed by atoms with van der Waals surface area (Å²) in [4.78, 5) is 1.18. The van der Waals surface area contributed by atoms with Gasteiger partial charge < -0.3 is 0 Å². The first-order chi connectivity index (χ1) is 11.8. The van der Waals surface area contributed by atoms with E-state index < -0.39 is 0 Å². The first-order valence-electron chi connectivity index (χ1n) is 8.13. The van der Waals surface area contributed by atoms with Crippen LogP contribution in [0.2, 0.25) is 0 Å². The Bertz CT molecular complexity index is 889. The quantitative estimate of drug-likeness (QED) is 0.660. The van der Waals surface area contributed by atoms with E-state index >= 15 is 0 Å². The van der Waals surface area contributed by atoms with Gasteiger partial charge in [0.05, 0.1) is 23.0 Å². The lowest BCUT2D eigenvalue weighted by Crippen LogP contribution is -2.01. The number of nitriles is 1. The number of hydrogen-bond donors (Lipinski definition) is 0. The summed E-state index contributed by atoms with van der Waals surface area (Å²) < 4.78 is 2.12. The van der Waals surface area contributed by atoms with E-state index in [-0.39, 0.29) is 0 Å². The van der Waals surface area contributed by atoms with Gasteiger partial charge in [-0.05, 0) is 61.2 Å². The molecule has 3 nitrogen and oxygen atoms in total. The van der Waals surface area contributed by atoms with Gasteiger partial charge in [-0.2, -0.15) is 10.4 Å². The van der Waals surface area contributed by atoms with Gasteiger partial charge in [-0.1, -0.05) is 18.2 Å². The maximum atomic E-state index is 8.88. The van der Waals surface area contributed by atoms with Crippen LogP contribution in [0.1, 0.15) is 28.9 Å². The molecule has 0 bridgehead atoms. The van der Waals surface area contributed by atoms with Gasteiger partial charge in [-0.25, -0.2) is 4.68 Å². The average molecular weight is 331 g/mol. The molecule has 0 saturated carbocycles. The van der Waals surface area contributed by atoms with Crippen molar-refractivity contribution in [1.82, 2.24) is 9.78 Å². The van der Waals surface area contributed by atoms with E-state index in [1.165, 1.54) is 28.3 Å². The number of rotatable bonds is 4. The zero-order valence-corrected chi connectivity index (χ0v) is 14.1. The van der Waals surface area contributed by atoms with Crippen molar-refractivity contribution in [1.29, 1.82) is 5.26 Å². The molecule has 1 heterocycles. The van der Waals surface area contributed by atoms with E-state index in [9.17, 15) is 0 Å². The Kier molecular flexibility index (Phi) is 4.10. The van der Waals surface area contributed by atoms with Crippen molar-refractivity contribution in [3.8, 4) is 11.8 Å². The molecule has 3 aromatic rings. The first-order valence-corrected chi connectivity index (χ1v) is 9.12. The summed E-state index contributed by atoms with van der Waals surface area (Å²) >= 11 is 1.78. The standard InChI is InChI=1S/C20H17N3S/c21-13-15-9-11-17(12-10-15)24-14-19-18-7-4-8-20(18)23(22-19)16-5-2-1-3-6-16/h1-3,5-6,9-12H,4,7-8,14H2. The molecule has 0 atom stereocenters. The second-order valence-corrected chi connectivity index (χ2v) is 6.95. The van der Waals surface area contributed by atoms with Gasteiger partial charge in [-0.15, -0.1) is 11.8 Å². The van der Waals surface area contributed by atoms with Crippen LogP contribution in [0, 0.1) is 11.3 Å². The minimum absolute atomic E-state index is 0.702. The number of aromatic nitrogens is 2. The Balaban J connectivity index is 1.59. The highest BCUT2D eigenvalue weighted by Gasteiger charge is 2.22. The second kappa shape index (κ2) is 6.54. The van der Waals surface area contributed by atoms with Crippen molar-refractivity contribution in [2.75, 3.05) is 0 Å². The van der Waals surface area contributed by atoms with Crippen LogP contribution < -0.4 is 0 Å². The predicted molar refractivity (Wildman–Crippen MR) is 96.3 cm³/mol. The number of hydrogen-bond acceptors (Lipinski definition) is 3. The Labute approximate surface area is 145 Å². The summed E-state index contributed by atoms with van der Waals surface area (Å²) in [5.74, 6) is 0.869. The molecule has 0 fully saturated rings. The topological polar surface area (TPSA) is 41.6 Å². The third-order valence-electron chi connectivity index (χ3n) is 4.37. The van der Waals surface area contributed by atoms with Crippen LogP contribution in [-0.4, -0.2) is 9.78 Å². The fourth-order valence-electron chi connectivity index (χ4n) is 3.19. The fraction of sp³-hybridized carbons (Fsp3) is 0.200. The number of thioether (sulfide) groups is 1. The minimum Gasteiger partial charge on any atom is -0.237 e. The van der Waals surface area contributed by atoms with Gasteiger partial charge in [0.15, 0.2) is 0 Å². The van der Waals surface area contributed by atoms with E-state index in [4.69, 9.17) is 10.4 Å². The molecule has 0 unspecified atom stereocenters. The highest BCUT2D eigenvalue weighted by Crippen LogP contribution is 2.31. The zero-order chi connectivity index (χ0) is 16.4. The summed E-state index contributed by atoms with van der Waals surface area (Å²) in [6, 6.07) is 20.3. The summed E-state index contributed by atoms with van der Waals surface area (Å²) in [5.41, 5.74) is 5.84. The first kappa shape index (κ1) is 15.0. The van der Waals surface area contributed by atoms with Gasteiger partial charge in [-0.3, -0.25) is 0 Å². The summed E-state index contributed by atoms with van der Waals surface area (Å²) in [6.45, 7) is 0. The van der Waals surface area contributed by atoms with Gasteiger partial charge in [0.1, 0.15) is 0 Å². The summed E-state index contributed by atoms with van der Waals surface area (Å²) in [6.07, 6.45) is 3.46. The molecular formula is C20H17N3S. The average Bonchev–Trinajstić information content (AvgIpc) is 3.24. The Morgan fingerprint density at radius 2 is 1.83 bits per heavy atom. The highest BCUT2D eigenvalue weighted by atomic mass is 32.2. The van der Waals surface area contributed by atoms with Crippen LogP contribution in [0.3, 0.4) is 0 Å². The number of para-hydroxylation sites is 1. The van der Waals surface area contributed by atoms with E-state index in [1.54, 1.807) is 11.8 Å². The van der Waals surface area contributed by atoms with Crippen molar-refractivity contribution in [2.24, 2.45) is 0 Å². The third-order valence-corrected chi connectivity index (χ3v) is 5.40. The van der Waals surface area contributed by atoms with Gasteiger partial charge >= 0.3 is 0 Å². The van der Waals surface area contributed by atoms with Crippen LogP contribution in [0.15, 0.2) is 59.5 Å². The van der Waals surface area contributed by atoms with Crippen LogP contribution in [0.25, 0.3) is 5.69 Å². The molecular weight excluding hydrogens is 314 g/mol. The van der Waals surface area contributed by atoms with Crippen molar-refractivity contribution < 1.29 is 0 Å². The van der Waals surface area contributed by atoms with E-state index in [1.807, 2.05) is 30.3 Å². The smallest absolute Gasteiger partial charge is 0.0991 e. The SMILES string of the molecule is N#Cc1ccc(SCc2nn(-c3ccccc3)c3c2CCC3)cc1. The molecule has 4 heteroatoms. The molecule has 1 aliphatic rings. The predicted octanol–water partition coefficient (Wildman–Crippen LogP) is 4.52. The molecule has 1 aromatic heterocycles. The molecule has 1 aliphatic carbocycles. The van der Waals surface area contributed by atoms with Crippen molar-refractivity contribution in [3.63, 3.8) is 0 Å².